The molecule has 31 heavy (non-hydrogen) atoms. The Morgan fingerprint density at radius 3 is 2.13 bits per heavy atom. The van der Waals surface area contributed by atoms with Gasteiger partial charge in [0.15, 0.2) is 6.29 Å². The van der Waals surface area contributed by atoms with E-state index in [0.717, 1.165) is 0 Å². The lowest BCUT2D eigenvalue weighted by atomic mass is 10.1. The minimum atomic E-state index is -5.44. The fourth-order valence-electron chi connectivity index (χ4n) is 2.00. The molecule has 1 aliphatic rings. The highest BCUT2D eigenvalue weighted by Gasteiger charge is 2.51. The molecule has 0 radical (unpaired) electrons. The van der Waals surface area contributed by atoms with Crippen LogP contribution in [0.2, 0.25) is 0 Å². The van der Waals surface area contributed by atoms with Gasteiger partial charge in [-0.25, -0.2) is 13.7 Å². The van der Waals surface area contributed by atoms with E-state index in [4.69, 9.17) is 35.3 Å². The van der Waals surface area contributed by atoms with Gasteiger partial charge in [0.05, 0.1) is 12.2 Å². The van der Waals surface area contributed by atoms with Crippen molar-refractivity contribution in [2.45, 2.75) is 24.6 Å². The number of phosphoric ester groups is 2. The number of hydrogen-bond donors (Lipinski definition) is 8. The second kappa shape index (κ2) is 11.1. The average Bonchev–Trinajstić information content (AvgIpc) is 2.87. The molecule has 1 aliphatic heterocycles. The first kappa shape index (κ1) is 27.9. The minimum Gasteiger partial charge on any atom is -0.394 e. The first-order chi connectivity index (χ1) is 14.0. The molecule has 2 heterocycles. The molecule has 1 saturated heterocycles. The summed E-state index contributed by atoms with van der Waals surface area (Å²) in [4.78, 5) is 57.4. The van der Waals surface area contributed by atoms with Crippen LogP contribution in [0.25, 0.3) is 0 Å². The standard InChI is InChI=1S/C6H6N2O.C5H13O14P3/c7-6(9)5-2-1-3-8-4-5;6-1-2-3(7)4(17-20(8,9)10)5(16-2)18-22(14,15)19-21(11,12)13/h1-4H,(H2,7,9);2-7H,1H2,(H,14,15)(H2,8,9,10)(H2,11,12,13)/t;2-,3-,4-,5?/m.1/s1. The van der Waals surface area contributed by atoms with Crippen molar-refractivity contribution in [2.24, 2.45) is 5.73 Å². The van der Waals surface area contributed by atoms with E-state index >= 15 is 0 Å². The number of pyridine rings is 1. The number of rotatable bonds is 8. The molecule has 1 fully saturated rings. The number of nitrogens with two attached hydrogens (primary N) is 1. The van der Waals surface area contributed by atoms with E-state index in [9.17, 15) is 23.6 Å². The van der Waals surface area contributed by atoms with Crippen LogP contribution in [0.15, 0.2) is 24.5 Å². The number of aliphatic hydroxyl groups excluding tert-OH is 2. The molecule has 0 aromatic carbocycles. The lowest BCUT2D eigenvalue weighted by Crippen LogP contribution is -2.36. The van der Waals surface area contributed by atoms with Gasteiger partial charge < -0.3 is 45.2 Å². The molecule has 1 amide bonds. The van der Waals surface area contributed by atoms with E-state index in [-0.39, 0.29) is 0 Å². The lowest BCUT2D eigenvalue weighted by Gasteiger charge is -2.22. The number of phosphoric acid groups is 3. The molecule has 1 aromatic heterocycles. The van der Waals surface area contributed by atoms with Crippen molar-refractivity contribution in [3.63, 3.8) is 0 Å². The molecule has 178 valence electrons. The summed E-state index contributed by atoms with van der Waals surface area (Å²) < 4.78 is 49.0. The number of aromatic nitrogens is 1. The van der Waals surface area contributed by atoms with Crippen LogP contribution >= 0.6 is 23.5 Å². The number of carbonyl (C=O) groups is 1. The molecular weight excluding hydrogens is 493 g/mol. The highest BCUT2D eigenvalue weighted by atomic mass is 31.3. The van der Waals surface area contributed by atoms with Gasteiger partial charge in [-0.05, 0) is 12.1 Å². The summed E-state index contributed by atoms with van der Waals surface area (Å²) in [6.45, 7) is -0.878. The van der Waals surface area contributed by atoms with Crippen LogP contribution in [0.1, 0.15) is 10.4 Å². The monoisotopic (exact) mass is 512 g/mol. The van der Waals surface area contributed by atoms with Gasteiger partial charge in [-0.2, -0.15) is 4.31 Å². The summed E-state index contributed by atoms with van der Waals surface area (Å²) in [6.07, 6.45) is -4.57. The Hall–Kier alpha value is -1.13. The molecule has 5 atom stereocenters. The van der Waals surface area contributed by atoms with Crippen LogP contribution in [-0.2, 0) is 31.8 Å². The number of ether oxygens (including phenoxy) is 1. The second-order valence-corrected chi connectivity index (χ2v) is 9.50. The summed E-state index contributed by atoms with van der Waals surface area (Å²) >= 11 is 0. The Kier molecular flexibility index (Phi) is 10.0. The zero-order chi connectivity index (χ0) is 24.0. The van der Waals surface area contributed by atoms with E-state index in [2.05, 4.69) is 23.1 Å². The second-order valence-electron chi connectivity index (χ2n) is 5.53. The summed E-state index contributed by atoms with van der Waals surface area (Å²) in [6, 6.07) is 3.29. The number of carbonyl (C=O) groups excluding carboxylic acids is 1. The molecule has 2 unspecified atom stereocenters. The number of amides is 1. The number of nitrogens with zero attached hydrogens (tertiary/aromatic N) is 1. The Morgan fingerprint density at radius 1 is 1.13 bits per heavy atom. The molecule has 17 nitrogen and oxygen atoms in total. The van der Waals surface area contributed by atoms with Gasteiger partial charge in [0.25, 0.3) is 0 Å². The summed E-state index contributed by atoms with van der Waals surface area (Å²) in [5.41, 5.74) is 5.38. The third-order valence-corrected chi connectivity index (χ3v) is 5.79. The van der Waals surface area contributed by atoms with E-state index < -0.39 is 60.6 Å². The number of primary amides is 1. The largest absolute Gasteiger partial charge is 0.483 e. The predicted octanol–water partition coefficient (Wildman–Crippen LogP) is -2.05. The SMILES string of the molecule is NC(=O)c1cccnc1.O=P(O)(O)O[C@H]1C(OP(=O)(O)OP(=O)(O)O)O[C@H](CO)[C@H]1O. The smallest absolute Gasteiger partial charge is 0.394 e. The molecule has 0 spiro atoms. The molecule has 0 saturated carbocycles. The van der Waals surface area contributed by atoms with E-state index in [1.807, 2.05) is 0 Å². The molecule has 0 aliphatic carbocycles. The number of hydrogen-bond acceptors (Lipinski definition) is 11. The number of aliphatic hydroxyl groups is 2. The molecule has 1 aromatic rings. The Labute approximate surface area is 173 Å². The summed E-state index contributed by atoms with van der Waals surface area (Å²) in [5, 5.41) is 18.5. The first-order valence-electron chi connectivity index (χ1n) is 7.71. The third-order valence-electron chi connectivity index (χ3n) is 3.13. The van der Waals surface area contributed by atoms with Crippen LogP contribution in [0.4, 0.5) is 0 Å². The lowest BCUT2D eigenvalue weighted by molar-refractivity contribution is -0.123. The van der Waals surface area contributed by atoms with Crippen LogP contribution in [0.3, 0.4) is 0 Å². The predicted molar refractivity (Wildman–Crippen MR) is 95.5 cm³/mol. The third kappa shape index (κ3) is 10.4. The Bertz CT molecular complexity index is 872. The summed E-state index contributed by atoms with van der Waals surface area (Å²) in [5.74, 6) is -0.442. The van der Waals surface area contributed by atoms with Gasteiger partial charge in [-0.15, -0.1) is 0 Å². The van der Waals surface area contributed by atoms with Crippen LogP contribution in [0.5, 0.6) is 0 Å². The van der Waals surface area contributed by atoms with Crippen molar-refractivity contribution < 1.29 is 71.3 Å². The molecule has 0 bridgehead atoms. The summed E-state index contributed by atoms with van der Waals surface area (Å²) in [7, 11) is -16.1. The van der Waals surface area contributed by atoms with Gasteiger partial charge in [-0.3, -0.25) is 18.8 Å². The maximum atomic E-state index is 11.3. The van der Waals surface area contributed by atoms with Gasteiger partial charge in [-0.1, -0.05) is 0 Å². The normalized spacial score (nSPS) is 25.9. The fourth-order valence-corrected chi connectivity index (χ4v) is 4.21. The average molecular weight is 512 g/mol. The van der Waals surface area contributed by atoms with Crippen LogP contribution in [-0.4, -0.2) is 76.8 Å². The van der Waals surface area contributed by atoms with Gasteiger partial charge in [0.1, 0.15) is 18.3 Å². The zero-order valence-electron chi connectivity index (χ0n) is 15.1. The van der Waals surface area contributed by atoms with Gasteiger partial charge in [0.2, 0.25) is 5.91 Å². The van der Waals surface area contributed by atoms with E-state index in [1.165, 1.54) is 6.20 Å². The van der Waals surface area contributed by atoms with E-state index in [0.29, 0.717) is 5.56 Å². The van der Waals surface area contributed by atoms with Crippen molar-refractivity contribution in [3.8, 4) is 0 Å². The highest BCUT2D eigenvalue weighted by Crippen LogP contribution is 2.59. The van der Waals surface area contributed by atoms with Crippen LogP contribution in [0, 0.1) is 0 Å². The Morgan fingerprint density at radius 2 is 1.74 bits per heavy atom. The van der Waals surface area contributed by atoms with Crippen molar-refractivity contribution in [1.82, 2.24) is 4.98 Å². The van der Waals surface area contributed by atoms with E-state index in [1.54, 1.807) is 18.3 Å². The fraction of sp³-hybridized carbons (Fsp3) is 0.455. The van der Waals surface area contributed by atoms with Crippen molar-refractivity contribution in [2.75, 3.05) is 6.61 Å². The topological polar surface area (TPSA) is 286 Å². The zero-order valence-corrected chi connectivity index (χ0v) is 17.8. The van der Waals surface area contributed by atoms with Crippen molar-refractivity contribution in [3.05, 3.63) is 30.1 Å². The molecule has 20 heteroatoms. The first-order valence-corrected chi connectivity index (χ1v) is 12.3. The quantitative estimate of drug-likeness (QED) is 0.174. The maximum absolute atomic E-state index is 11.3. The Balaban J connectivity index is 0.000000442. The van der Waals surface area contributed by atoms with Gasteiger partial charge in [0, 0.05) is 12.4 Å². The van der Waals surface area contributed by atoms with Crippen molar-refractivity contribution >= 4 is 29.4 Å². The molecular formula is C11H19N2O15P3. The van der Waals surface area contributed by atoms with Crippen molar-refractivity contribution in [1.29, 1.82) is 0 Å². The molecule has 9 N–H and O–H groups in total. The van der Waals surface area contributed by atoms with Gasteiger partial charge >= 0.3 is 23.5 Å². The van der Waals surface area contributed by atoms with Crippen LogP contribution < -0.4 is 5.73 Å². The minimum absolute atomic E-state index is 0.442. The highest BCUT2D eigenvalue weighted by molar-refractivity contribution is 7.60. The maximum Gasteiger partial charge on any atom is 0.483 e. The molecule has 2 rings (SSSR count).